The minimum atomic E-state index is -2.05. The van der Waals surface area contributed by atoms with Crippen LogP contribution in [0.25, 0.3) is 22.3 Å². The van der Waals surface area contributed by atoms with Crippen molar-refractivity contribution in [3.8, 4) is 40.1 Å². The van der Waals surface area contributed by atoms with Crippen molar-refractivity contribution in [3.05, 3.63) is 40.6 Å². The summed E-state index contributed by atoms with van der Waals surface area (Å²) < 4.78 is 38.8. The van der Waals surface area contributed by atoms with Gasteiger partial charge in [0.05, 0.1) is 19.8 Å². The lowest BCUT2D eigenvalue weighted by Crippen LogP contribution is -2.61. The van der Waals surface area contributed by atoms with E-state index in [0.717, 1.165) is 24.3 Å². The summed E-state index contributed by atoms with van der Waals surface area (Å²) in [6, 6.07) is 5.14. The van der Waals surface area contributed by atoms with Gasteiger partial charge in [-0.25, -0.2) is 0 Å². The van der Waals surface area contributed by atoms with Crippen LogP contribution in [-0.2, 0) is 18.9 Å². The van der Waals surface area contributed by atoms with Gasteiger partial charge in [0.2, 0.25) is 23.8 Å². The number of phenols is 3. The molecule has 14 atom stereocenters. The molecule has 3 fully saturated rings. The Morgan fingerprint density at radius 3 is 1.94 bits per heavy atom. The molecule has 292 valence electrons. The van der Waals surface area contributed by atoms with E-state index < -0.39 is 151 Å². The number of aromatic hydroxyl groups is 3. The van der Waals surface area contributed by atoms with Crippen molar-refractivity contribution in [1.82, 2.24) is 0 Å². The number of aliphatic hydroxyl groups excluding tert-OH is 10. The lowest BCUT2D eigenvalue weighted by molar-refractivity contribution is -0.307. The Bertz CT molecular complexity index is 1820. The molecule has 1 aromatic heterocycles. The first-order valence-corrected chi connectivity index (χ1v) is 16.1. The molecule has 0 radical (unpaired) electrons. The van der Waals surface area contributed by atoms with E-state index in [4.69, 9.17) is 32.8 Å². The van der Waals surface area contributed by atoms with Crippen molar-refractivity contribution < 1.29 is 99.2 Å². The fourth-order valence-electron chi connectivity index (χ4n) is 5.97. The second-order valence-electron chi connectivity index (χ2n) is 12.6. The number of ether oxygens (including phenoxy) is 6. The maximum Gasteiger partial charge on any atom is 0.239 e. The third kappa shape index (κ3) is 7.45. The van der Waals surface area contributed by atoms with Crippen molar-refractivity contribution in [2.45, 2.75) is 86.0 Å². The van der Waals surface area contributed by atoms with Gasteiger partial charge in [-0.15, -0.1) is 0 Å². The highest BCUT2D eigenvalue weighted by molar-refractivity contribution is 5.88. The van der Waals surface area contributed by atoms with Crippen molar-refractivity contribution in [2.24, 2.45) is 0 Å². The molecule has 13 N–H and O–H groups in total. The highest BCUT2D eigenvalue weighted by atomic mass is 16.7. The predicted molar refractivity (Wildman–Crippen MR) is 168 cm³/mol. The summed E-state index contributed by atoms with van der Waals surface area (Å²) in [6.45, 7) is -1.82. The van der Waals surface area contributed by atoms with Crippen LogP contribution >= 0.6 is 0 Å². The normalized spacial score (nSPS) is 36.3. The summed E-state index contributed by atoms with van der Waals surface area (Å²) in [5, 5.41) is 133. The van der Waals surface area contributed by atoms with E-state index in [0.29, 0.717) is 0 Å². The molecule has 21 nitrogen and oxygen atoms in total. The first-order valence-electron chi connectivity index (χ1n) is 16.1. The van der Waals surface area contributed by atoms with Crippen LogP contribution in [0.3, 0.4) is 0 Å². The molecule has 0 saturated carbocycles. The van der Waals surface area contributed by atoms with Gasteiger partial charge in [-0.05, 0) is 18.2 Å². The Labute approximate surface area is 296 Å². The lowest BCUT2D eigenvalue weighted by Gasteiger charge is -2.41. The molecule has 6 rings (SSSR count). The van der Waals surface area contributed by atoms with Gasteiger partial charge in [-0.3, -0.25) is 4.79 Å². The highest BCUT2D eigenvalue weighted by Crippen LogP contribution is 2.40. The second kappa shape index (κ2) is 15.4. The average Bonchev–Trinajstić information content (AvgIpc) is 3.13. The Morgan fingerprint density at radius 2 is 1.28 bits per heavy atom. The minimum absolute atomic E-state index is 0.121. The predicted octanol–water partition coefficient (Wildman–Crippen LogP) is -4.60. The summed E-state index contributed by atoms with van der Waals surface area (Å²) in [5.74, 6) is -3.63. The van der Waals surface area contributed by atoms with Gasteiger partial charge in [0.25, 0.3) is 0 Å². The number of benzene rings is 2. The van der Waals surface area contributed by atoms with E-state index in [2.05, 4.69) is 0 Å². The van der Waals surface area contributed by atoms with E-state index in [-0.39, 0.29) is 11.3 Å². The Kier molecular flexibility index (Phi) is 11.3. The van der Waals surface area contributed by atoms with Gasteiger partial charge in [0, 0.05) is 17.7 Å². The quantitative estimate of drug-likeness (QED) is 0.0913. The number of hydrogen-bond donors (Lipinski definition) is 13. The van der Waals surface area contributed by atoms with Gasteiger partial charge in [0.1, 0.15) is 89.6 Å². The first kappa shape index (κ1) is 38.8. The molecule has 0 amide bonds. The van der Waals surface area contributed by atoms with Crippen LogP contribution in [0.4, 0.5) is 0 Å². The molecule has 53 heavy (non-hydrogen) atoms. The van der Waals surface area contributed by atoms with E-state index >= 15 is 0 Å². The van der Waals surface area contributed by atoms with E-state index in [1.807, 2.05) is 0 Å². The number of hydrogen-bond acceptors (Lipinski definition) is 21. The molecule has 3 saturated heterocycles. The molecule has 3 aliphatic rings. The molecule has 3 aliphatic heterocycles. The third-order valence-corrected chi connectivity index (χ3v) is 9.03. The summed E-state index contributed by atoms with van der Waals surface area (Å²) >= 11 is 0. The van der Waals surface area contributed by atoms with E-state index in [9.17, 15) is 71.2 Å². The number of rotatable bonds is 9. The SMILES string of the molecule is O=c1c(O[C@@H]2O[C@H](CO[C@@H]3OC[C@H](O)[C@H](O)[C@H]3O)[C@@H](O)[C@H](O)[C@H]2O)c(-c2ccc(O)c(O)c2)oc2cc(O[C@@H]3O[C@H](CO)[C@@H](O)[C@H](O)[C@H]3O)cc(O)c12. The van der Waals surface area contributed by atoms with E-state index in [1.165, 1.54) is 6.07 Å². The zero-order valence-corrected chi connectivity index (χ0v) is 27.2. The van der Waals surface area contributed by atoms with Crippen molar-refractivity contribution in [3.63, 3.8) is 0 Å². The van der Waals surface area contributed by atoms with Crippen LogP contribution in [-0.4, -0.2) is 172 Å². The highest BCUT2D eigenvalue weighted by Gasteiger charge is 2.48. The van der Waals surface area contributed by atoms with E-state index in [1.54, 1.807) is 0 Å². The summed E-state index contributed by atoms with van der Waals surface area (Å²) in [7, 11) is 0. The van der Waals surface area contributed by atoms with Crippen LogP contribution in [0.2, 0.25) is 0 Å². The number of aliphatic hydroxyl groups is 10. The molecule has 2 aromatic carbocycles. The lowest BCUT2D eigenvalue weighted by atomic mass is 9.99. The fraction of sp³-hybridized carbons (Fsp3) is 0.531. The smallest absolute Gasteiger partial charge is 0.239 e. The zero-order valence-electron chi connectivity index (χ0n) is 27.2. The van der Waals surface area contributed by atoms with Crippen LogP contribution in [0.1, 0.15) is 0 Å². The molecule has 3 aromatic rings. The van der Waals surface area contributed by atoms with Crippen molar-refractivity contribution >= 4 is 11.0 Å². The Morgan fingerprint density at radius 1 is 0.660 bits per heavy atom. The standard InChI is InChI=1S/C32H38O21/c33-6-16-20(39)23(42)26(45)31(51-16)49-10-4-13(36)18-15(5-10)50-28(9-1-2-11(34)12(35)3-9)29(22(18)41)53-32-27(46)24(43)21(40)17(52-32)8-48-30-25(44)19(38)14(37)7-47-30/h1-5,14,16-17,19-21,23-27,30-40,42-46H,6-8H2/t14-,16+,17+,19-,20+,21+,23-,24-,25+,26+,27+,30-,31+,32-/m0/s1. The molecule has 0 aliphatic carbocycles. The Hall–Kier alpha value is -3.91. The van der Waals surface area contributed by atoms with Gasteiger partial charge < -0.3 is 99.2 Å². The summed E-state index contributed by atoms with van der Waals surface area (Å²) in [6.07, 6.45) is -24.0. The maximum atomic E-state index is 14.0. The largest absolute Gasteiger partial charge is 0.507 e. The van der Waals surface area contributed by atoms with Crippen molar-refractivity contribution in [1.29, 1.82) is 0 Å². The number of fused-ring (bicyclic) bond motifs is 1. The Balaban J connectivity index is 1.34. The maximum absolute atomic E-state index is 14.0. The molecular weight excluding hydrogens is 720 g/mol. The van der Waals surface area contributed by atoms with Crippen LogP contribution in [0, 0.1) is 0 Å². The topological polar surface area (TPSA) is 349 Å². The number of phenolic OH excluding ortho intramolecular Hbond substituents is 3. The molecule has 0 unspecified atom stereocenters. The fourth-order valence-corrected chi connectivity index (χ4v) is 5.97. The second-order valence-corrected chi connectivity index (χ2v) is 12.6. The van der Waals surface area contributed by atoms with Gasteiger partial charge in [-0.1, -0.05) is 0 Å². The van der Waals surface area contributed by atoms with Crippen LogP contribution < -0.4 is 14.9 Å². The van der Waals surface area contributed by atoms with Gasteiger partial charge in [-0.2, -0.15) is 0 Å². The molecular formula is C32H38O21. The van der Waals surface area contributed by atoms with Crippen LogP contribution in [0.15, 0.2) is 39.5 Å². The zero-order chi connectivity index (χ0) is 38.5. The average molecular weight is 759 g/mol. The van der Waals surface area contributed by atoms with Gasteiger partial charge >= 0.3 is 0 Å². The molecule has 21 heteroatoms. The van der Waals surface area contributed by atoms with Crippen molar-refractivity contribution in [2.75, 3.05) is 19.8 Å². The summed E-state index contributed by atoms with van der Waals surface area (Å²) in [4.78, 5) is 14.0. The molecule has 4 heterocycles. The molecule has 0 spiro atoms. The monoisotopic (exact) mass is 758 g/mol. The first-order chi connectivity index (χ1) is 25.1. The van der Waals surface area contributed by atoms with Crippen LogP contribution in [0.5, 0.6) is 28.7 Å². The molecule has 0 bridgehead atoms. The summed E-state index contributed by atoms with van der Waals surface area (Å²) in [5.41, 5.74) is -1.65. The minimum Gasteiger partial charge on any atom is -0.507 e. The third-order valence-electron chi connectivity index (χ3n) is 9.03. The van der Waals surface area contributed by atoms with Gasteiger partial charge in [0.15, 0.2) is 23.5 Å².